The van der Waals surface area contributed by atoms with Gasteiger partial charge in [0, 0.05) is 51.2 Å². The Labute approximate surface area is 168 Å². The fraction of sp³-hybridized carbons (Fsp3) is 0.478. The number of piperidine rings is 1. The van der Waals surface area contributed by atoms with E-state index in [0.717, 1.165) is 44.6 Å². The molecule has 0 bridgehead atoms. The maximum atomic E-state index is 12.9. The van der Waals surface area contributed by atoms with E-state index in [4.69, 9.17) is 4.74 Å². The second-order valence-corrected chi connectivity index (χ2v) is 7.53. The number of likely N-dealkylation sites (tertiary alicyclic amines) is 1. The average molecular weight is 382 g/mol. The van der Waals surface area contributed by atoms with Crippen LogP contribution in [-0.4, -0.2) is 54.7 Å². The zero-order valence-electron chi connectivity index (χ0n) is 17.0. The first-order valence-corrected chi connectivity index (χ1v) is 10.2. The summed E-state index contributed by atoms with van der Waals surface area (Å²) in [4.78, 5) is 21.6. The van der Waals surface area contributed by atoms with Crippen LogP contribution in [0.15, 0.2) is 54.9 Å². The van der Waals surface area contributed by atoms with E-state index in [2.05, 4.69) is 16.0 Å². The van der Waals surface area contributed by atoms with Crippen molar-refractivity contribution in [3.63, 3.8) is 0 Å². The molecule has 0 saturated carbocycles. The highest BCUT2D eigenvalue weighted by atomic mass is 16.5. The van der Waals surface area contributed by atoms with E-state index in [1.165, 1.54) is 5.56 Å². The molecule has 1 aliphatic heterocycles. The summed E-state index contributed by atoms with van der Waals surface area (Å²) >= 11 is 0. The third-order valence-electron chi connectivity index (χ3n) is 5.68. The van der Waals surface area contributed by atoms with Crippen LogP contribution in [0.4, 0.5) is 5.69 Å². The Bertz CT molecular complexity index is 728. The molecule has 5 nitrogen and oxygen atoms in total. The summed E-state index contributed by atoms with van der Waals surface area (Å²) in [5.41, 5.74) is 1.95. The molecule has 1 aromatic heterocycles. The lowest BCUT2D eigenvalue weighted by Crippen LogP contribution is -2.60. The van der Waals surface area contributed by atoms with Gasteiger partial charge in [-0.25, -0.2) is 0 Å². The van der Waals surface area contributed by atoms with E-state index < -0.39 is 0 Å². The van der Waals surface area contributed by atoms with Crippen molar-refractivity contribution >= 4 is 11.6 Å². The molecule has 1 saturated heterocycles. The third-order valence-corrected chi connectivity index (χ3v) is 5.68. The molecular formula is C23H31N3O2. The standard InChI is InChI=1S/C23H31N3O2/c1-3-22(27)26(21-9-5-4-6-10-21)23(19-28-2)12-16-25(17-13-23)15-11-20-8-7-14-24-18-20/h4-10,14,18H,3,11-13,15-17,19H2,1-2H3. The number of rotatable bonds is 8. The fourth-order valence-corrected chi connectivity index (χ4v) is 4.14. The highest BCUT2D eigenvalue weighted by Crippen LogP contribution is 2.34. The number of nitrogens with zero attached hydrogens (tertiary/aromatic N) is 3. The highest BCUT2D eigenvalue weighted by molar-refractivity contribution is 5.94. The predicted octanol–water partition coefficient (Wildman–Crippen LogP) is 3.55. The Hall–Kier alpha value is -2.24. The van der Waals surface area contributed by atoms with Crippen LogP contribution in [0.3, 0.4) is 0 Å². The maximum Gasteiger partial charge on any atom is 0.227 e. The van der Waals surface area contributed by atoms with Crippen LogP contribution in [0, 0.1) is 0 Å². The molecule has 0 radical (unpaired) electrons. The summed E-state index contributed by atoms with van der Waals surface area (Å²) in [5, 5.41) is 0. The number of benzene rings is 1. The Kier molecular flexibility index (Phi) is 7.18. The first-order valence-electron chi connectivity index (χ1n) is 10.2. The quantitative estimate of drug-likeness (QED) is 0.702. The highest BCUT2D eigenvalue weighted by Gasteiger charge is 2.42. The lowest BCUT2D eigenvalue weighted by atomic mass is 9.85. The summed E-state index contributed by atoms with van der Waals surface area (Å²) in [6, 6.07) is 14.2. The molecule has 1 fully saturated rings. The molecule has 0 spiro atoms. The van der Waals surface area contributed by atoms with E-state index in [9.17, 15) is 4.79 Å². The van der Waals surface area contributed by atoms with Crippen molar-refractivity contribution < 1.29 is 9.53 Å². The molecule has 0 atom stereocenters. The molecule has 0 aliphatic carbocycles. The largest absolute Gasteiger partial charge is 0.382 e. The maximum absolute atomic E-state index is 12.9. The number of anilines is 1. The second kappa shape index (κ2) is 9.80. The van der Waals surface area contributed by atoms with Crippen LogP contribution in [0.2, 0.25) is 0 Å². The van der Waals surface area contributed by atoms with Crippen LogP contribution in [0.25, 0.3) is 0 Å². The number of ether oxygens (including phenoxy) is 1. The van der Waals surface area contributed by atoms with Gasteiger partial charge in [0.1, 0.15) is 0 Å². The molecule has 1 aromatic carbocycles. The van der Waals surface area contributed by atoms with Gasteiger partial charge in [-0.3, -0.25) is 9.78 Å². The van der Waals surface area contributed by atoms with Gasteiger partial charge < -0.3 is 14.5 Å². The molecule has 5 heteroatoms. The van der Waals surface area contributed by atoms with Gasteiger partial charge in [-0.05, 0) is 43.0 Å². The van der Waals surface area contributed by atoms with Gasteiger partial charge >= 0.3 is 0 Å². The second-order valence-electron chi connectivity index (χ2n) is 7.53. The van der Waals surface area contributed by atoms with Gasteiger partial charge in [0.05, 0.1) is 12.1 Å². The molecule has 2 heterocycles. The summed E-state index contributed by atoms with van der Waals surface area (Å²) in [7, 11) is 1.73. The van der Waals surface area contributed by atoms with Crippen molar-refractivity contribution in [2.75, 3.05) is 38.3 Å². The lowest BCUT2D eigenvalue weighted by Gasteiger charge is -2.48. The molecular weight excluding hydrogens is 350 g/mol. The van der Waals surface area contributed by atoms with Gasteiger partial charge in [-0.1, -0.05) is 31.2 Å². The average Bonchev–Trinajstić information content (AvgIpc) is 2.75. The number of hydrogen-bond acceptors (Lipinski definition) is 4. The molecule has 28 heavy (non-hydrogen) atoms. The van der Waals surface area contributed by atoms with Crippen molar-refractivity contribution in [1.29, 1.82) is 0 Å². The minimum atomic E-state index is -0.284. The summed E-state index contributed by atoms with van der Waals surface area (Å²) < 4.78 is 5.63. The Morgan fingerprint density at radius 2 is 1.93 bits per heavy atom. The summed E-state index contributed by atoms with van der Waals surface area (Å²) in [6.07, 6.45) is 7.07. The molecule has 150 valence electrons. The molecule has 3 rings (SSSR count). The van der Waals surface area contributed by atoms with E-state index in [1.54, 1.807) is 7.11 Å². The zero-order chi connectivity index (χ0) is 19.8. The number of aromatic nitrogens is 1. The van der Waals surface area contributed by atoms with Crippen molar-refractivity contribution in [2.24, 2.45) is 0 Å². The van der Waals surface area contributed by atoms with Crippen LogP contribution in [0.5, 0.6) is 0 Å². The number of amides is 1. The minimum absolute atomic E-state index is 0.159. The van der Waals surface area contributed by atoms with Gasteiger partial charge in [-0.15, -0.1) is 0 Å². The number of pyridine rings is 1. The number of carbonyl (C=O) groups excluding carboxylic acids is 1. The summed E-state index contributed by atoms with van der Waals surface area (Å²) in [6.45, 7) is 5.43. The molecule has 0 unspecified atom stereocenters. The van der Waals surface area contributed by atoms with Crippen LogP contribution >= 0.6 is 0 Å². The fourth-order valence-electron chi connectivity index (χ4n) is 4.14. The van der Waals surface area contributed by atoms with Crippen molar-refractivity contribution in [3.8, 4) is 0 Å². The van der Waals surface area contributed by atoms with Gasteiger partial charge in [0.2, 0.25) is 5.91 Å². The van der Waals surface area contributed by atoms with Crippen LogP contribution in [0.1, 0.15) is 31.7 Å². The topological polar surface area (TPSA) is 45.7 Å². The van der Waals surface area contributed by atoms with E-state index in [1.807, 2.05) is 60.6 Å². The first-order chi connectivity index (χ1) is 13.7. The van der Waals surface area contributed by atoms with Crippen LogP contribution in [-0.2, 0) is 16.0 Å². The van der Waals surface area contributed by atoms with Crippen molar-refractivity contribution in [3.05, 3.63) is 60.4 Å². The molecule has 1 amide bonds. The summed E-state index contributed by atoms with van der Waals surface area (Å²) in [5.74, 6) is 0.159. The first kappa shape index (κ1) is 20.5. The zero-order valence-corrected chi connectivity index (χ0v) is 17.0. The molecule has 2 aromatic rings. The number of hydrogen-bond donors (Lipinski definition) is 0. The smallest absolute Gasteiger partial charge is 0.227 e. The number of carbonyl (C=O) groups is 1. The Morgan fingerprint density at radius 1 is 1.18 bits per heavy atom. The van der Waals surface area contributed by atoms with Gasteiger partial charge in [0.25, 0.3) is 0 Å². The third kappa shape index (κ3) is 4.78. The molecule has 0 N–H and O–H groups in total. The van der Waals surface area contributed by atoms with E-state index >= 15 is 0 Å². The predicted molar refractivity (Wildman–Crippen MR) is 112 cm³/mol. The lowest BCUT2D eigenvalue weighted by molar-refractivity contribution is -0.120. The van der Waals surface area contributed by atoms with Gasteiger partial charge in [0.15, 0.2) is 0 Å². The monoisotopic (exact) mass is 381 g/mol. The van der Waals surface area contributed by atoms with E-state index in [0.29, 0.717) is 13.0 Å². The minimum Gasteiger partial charge on any atom is -0.382 e. The SMILES string of the molecule is CCC(=O)N(c1ccccc1)C1(COC)CCN(CCc2cccnc2)CC1. The van der Waals surface area contributed by atoms with E-state index in [-0.39, 0.29) is 11.4 Å². The number of para-hydroxylation sites is 1. The number of methoxy groups -OCH3 is 1. The van der Waals surface area contributed by atoms with Crippen LogP contribution < -0.4 is 4.90 Å². The molecule has 1 aliphatic rings. The normalized spacial score (nSPS) is 16.6. The van der Waals surface area contributed by atoms with Gasteiger partial charge in [-0.2, -0.15) is 0 Å². The Balaban J connectivity index is 1.72. The Morgan fingerprint density at radius 3 is 2.54 bits per heavy atom. The van der Waals surface area contributed by atoms with Crippen molar-refractivity contribution in [1.82, 2.24) is 9.88 Å². The van der Waals surface area contributed by atoms with Crippen molar-refractivity contribution in [2.45, 2.75) is 38.1 Å².